The number of hydrogen-bond acceptors (Lipinski definition) is 2. The van der Waals surface area contributed by atoms with E-state index in [1.54, 1.807) is 0 Å². The maximum atomic E-state index is 12.3. The minimum atomic E-state index is 0.0124. The number of ketones is 2. The monoisotopic (exact) mass is 304 g/mol. The largest absolute Gasteiger partial charge is 0.300 e. The second kappa shape index (κ2) is 6.09. The van der Waals surface area contributed by atoms with Gasteiger partial charge in [-0.05, 0) is 68.1 Å². The molecule has 4 aliphatic rings. The van der Waals surface area contributed by atoms with Crippen LogP contribution in [-0.2, 0) is 9.59 Å². The zero-order valence-corrected chi connectivity index (χ0v) is 14.6. The zero-order valence-electron chi connectivity index (χ0n) is 14.6. The third-order valence-electron chi connectivity index (χ3n) is 7.47. The summed E-state index contributed by atoms with van der Waals surface area (Å²) in [5, 5.41) is 0. The van der Waals surface area contributed by atoms with Gasteiger partial charge in [0.2, 0.25) is 0 Å². The molecule has 0 bridgehead atoms. The van der Waals surface area contributed by atoms with E-state index >= 15 is 0 Å². The van der Waals surface area contributed by atoms with Crippen molar-refractivity contribution in [3.8, 4) is 0 Å². The zero-order chi connectivity index (χ0) is 15.9. The molecule has 0 aromatic heterocycles. The van der Waals surface area contributed by atoms with Crippen LogP contribution in [0, 0.1) is 35.0 Å². The predicted octanol–water partition coefficient (Wildman–Crippen LogP) is 4.80. The van der Waals surface area contributed by atoms with E-state index in [0.717, 1.165) is 56.3 Å². The summed E-state index contributed by atoms with van der Waals surface area (Å²) >= 11 is 0. The van der Waals surface area contributed by atoms with Gasteiger partial charge in [0.1, 0.15) is 11.6 Å². The Morgan fingerprint density at radius 1 is 0.864 bits per heavy atom. The lowest BCUT2D eigenvalue weighted by atomic mass is 9.50. The van der Waals surface area contributed by atoms with Crippen LogP contribution in [0.3, 0.4) is 0 Å². The number of carbonyl (C=O) groups excluding carboxylic acids is 2. The summed E-state index contributed by atoms with van der Waals surface area (Å²) in [5.74, 6) is 4.79. The van der Waals surface area contributed by atoms with E-state index < -0.39 is 0 Å². The highest BCUT2D eigenvalue weighted by atomic mass is 16.1. The molecule has 0 N–H and O–H groups in total. The lowest BCUT2D eigenvalue weighted by Crippen LogP contribution is -2.48. The van der Waals surface area contributed by atoms with Crippen LogP contribution in [-0.4, -0.2) is 11.6 Å². The van der Waals surface area contributed by atoms with Gasteiger partial charge in [0.05, 0.1) is 0 Å². The van der Waals surface area contributed by atoms with Crippen LogP contribution in [0.5, 0.6) is 0 Å². The molecule has 6 atom stereocenters. The minimum Gasteiger partial charge on any atom is -0.300 e. The van der Waals surface area contributed by atoms with E-state index in [2.05, 4.69) is 6.92 Å². The lowest BCUT2D eigenvalue weighted by molar-refractivity contribution is -0.134. The highest BCUT2D eigenvalue weighted by molar-refractivity contribution is 5.87. The number of hydrogen-bond donors (Lipinski definition) is 0. The van der Waals surface area contributed by atoms with Gasteiger partial charge in [-0.1, -0.05) is 20.8 Å². The van der Waals surface area contributed by atoms with Crippen LogP contribution in [0.15, 0.2) is 0 Å². The van der Waals surface area contributed by atoms with E-state index in [-0.39, 0.29) is 5.41 Å². The Hall–Kier alpha value is -0.660. The summed E-state index contributed by atoms with van der Waals surface area (Å²) in [6, 6.07) is 0. The molecule has 0 aromatic rings. The number of rotatable bonds is 0. The van der Waals surface area contributed by atoms with Crippen molar-refractivity contribution >= 4 is 11.6 Å². The maximum Gasteiger partial charge on any atom is 0.139 e. The third kappa shape index (κ3) is 2.37. The van der Waals surface area contributed by atoms with E-state index in [9.17, 15) is 9.59 Å². The predicted molar refractivity (Wildman–Crippen MR) is 88.5 cm³/mol. The Kier molecular flexibility index (Phi) is 4.49. The average Bonchev–Trinajstić information content (AvgIpc) is 2.84. The van der Waals surface area contributed by atoms with Gasteiger partial charge in [-0.2, -0.15) is 0 Å². The van der Waals surface area contributed by atoms with E-state index in [1.807, 2.05) is 13.8 Å². The van der Waals surface area contributed by atoms with Gasteiger partial charge in [0, 0.05) is 24.7 Å². The van der Waals surface area contributed by atoms with Gasteiger partial charge in [-0.15, -0.1) is 0 Å². The summed E-state index contributed by atoms with van der Waals surface area (Å²) < 4.78 is 0. The smallest absolute Gasteiger partial charge is 0.139 e. The summed E-state index contributed by atoms with van der Waals surface area (Å²) in [7, 11) is 0. The molecule has 0 amide bonds. The van der Waals surface area contributed by atoms with E-state index in [0.29, 0.717) is 23.4 Å². The average molecular weight is 304 g/mol. The summed E-state index contributed by atoms with van der Waals surface area (Å²) in [6.07, 6.45) is 9.70. The van der Waals surface area contributed by atoms with Crippen molar-refractivity contribution in [2.24, 2.45) is 35.0 Å². The fourth-order valence-corrected chi connectivity index (χ4v) is 6.43. The van der Waals surface area contributed by atoms with Gasteiger partial charge in [-0.3, -0.25) is 9.59 Å². The molecule has 0 saturated heterocycles. The maximum absolute atomic E-state index is 12.3. The molecule has 4 fully saturated rings. The van der Waals surface area contributed by atoms with Crippen molar-refractivity contribution in [2.75, 3.05) is 0 Å². The quantitative estimate of drug-likeness (QED) is 0.644. The molecule has 2 heteroatoms. The minimum absolute atomic E-state index is 0.0124. The van der Waals surface area contributed by atoms with Gasteiger partial charge in [0.15, 0.2) is 0 Å². The van der Waals surface area contributed by atoms with Crippen LogP contribution in [0.4, 0.5) is 0 Å². The first-order valence-corrected chi connectivity index (χ1v) is 9.64. The SMILES string of the molecule is CC.C[C@]12CC[C@H]3[C@@H](CC[C@H]4CC(=O)CC[C@@H]43)[C@@H]1CCC2=O. The lowest BCUT2D eigenvalue weighted by Gasteiger charge is -2.53. The number of carbonyl (C=O) groups is 2. The van der Waals surface area contributed by atoms with E-state index in [4.69, 9.17) is 0 Å². The molecular weight excluding hydrogens is 272 g/mol. The Morgan fingerprint density at radius 2 is 1.64 bits per heavy atom. The van der Waals surface area contributed by atoms with Gasteiger partial charge >= 0.3 is 0 Å². The third-order valence-corrected chi connectivity index (χ3v) is 7.47. The second-order valence-electron chi connectivity index (χ2n) is 8.13. The first-order chi connectivity index (χ1) is 10.6. The Bertz CT molecular complexity index is 455. The first kappa shape index (κ1) is 16.2. The summed E-state index contributed by atoms with van der Waals surface area (Å²) in [4.78, 5) is 24.0. The molecule has 4 aliphatic carbocycles. The Morgan fingerprint density at radius 3 is 2.41 bits per heavy atom. The molecule has 0 radical (unpaired) electrons. The molecule has 4 saturated carbocycles. The van der Waals surface area contributed by atoms with Crippen molar-refractivity contribution in [1.29, 1.82) is 0 Å². The van der Waals surface area contributed by atoms with Crippen LogP contribution in [0.25, 0.3) is 0 Å². The molecule has 4 rings (SSSR count). The fraction of sp³-hybridized carbons (Fsp3) is 0.900. The first-order valence-electron chi connectivity index (χ1n) is 9.64. The van der Waals surface area contributed by atoms with Crippen molar-refractivity contribution in [2.45, 2.75) is 78.6 Å². The molecular formula is C20H32O2. The molecule has 0 spiro atoms. The second-order valence-corrected chi connectivity index (χ2v) is 8.13. The van der Waals surface area contributed by atoms with E-state index in [1.165, 1.54) is 19.3 Å². The summed E-state index contributed by atoms with van der Waals surface area (Å²) in [5.41, 5.74) is 0.0124. The normalized spacial score (nSPS) is 47.0. The number of fused-ring (bicyclic) bond motifs is 5. The molecule has 0 unspecified atom stereocenters. The number of Topliss-reactive ketones (excluding diaryl/α,β-unsaturated/α-hetero) is 2. The van der Waals surface area contributed by atoms with Crippen molar-refractivity contribution in [3.05, 3.63) is 0 Å². The molecule has 124 valence electrons. The Balaban J connectivity index is 0.000000693. The molecule has 2 nitrogen and oxygen atoms in total. The van der Waals surface area contributed by atoms with Gasteiger partial charge in [0.25, 0.3) is 0 Å². The van der Waals surface area contributed by atoms with Crippen molar-refractivity contribution < 1.29 is 9.59 Å². The van der Waals surface area contributed by atoms with Crippen LogP contribution in [0.2, 0.25) is 0 Å². The van der Waals surface area contributed by atoms with Crippen molar-refractivity contribution in [3.63, 3.8) is 0 Å². The van der Waals surface area contributed by atoms with Crippen molar-refractivity contribution in [1.82, 2.24) is 0 Å². The standard InChI is InChI=1S/C18H26O2.C2H6/c1-18-9-8-14-13-5-3-12(19)10-11(13)2-4-15(14)16(18)6-7-17(18)20;1-2/h11,13-16H,2-10H2,1H3;1-2H3/t11-,13-,14+,15+,16-,18-;/m0./s1. The highest BCUT2D eigenvalue weighted by Crippen LogP contribution is 2.61. The van der Waals surface area contributed by atoms with Crippen LogP contribution >= 0.6 is 0 Å². The molecule has 22 heavy (non-hydrogen) atoms. The van der Waals surface area contributed by atoms with Gasteiger partial charge in [-0.25, -0.2) is 0 Å². The van der Waals surface area contributed by atoms with Gasteiger partial charge < -0.3 is 0 Å². The molecule has 0 heterocycles. The molecule has 0 aromatic carbocycles. The topological polar surface area (TPSA) is 34.1 Å². The van der Waals surface area contributed by atoms with Crippen LogP contribution < -0.4 is 0 Å². The Labute approximate surface area is 135 Å². The summed E-state index contributed by atoms with van der Waals surface area (Å²) in [6.45, 7) is 6.25. The van der Waals surface area contributed by atoms with Crippen LogP contribution in [0.1, 0.15) is 78.6 Å². The highest BCUT2D eigenvalue weighted by Gasteiger charge is 2.56. The molecule has 0 aliphatic heterocycles. The fourth-order valence-electron chi connectivity index (χ4n) is 6.43.